The minimum atomic E-state index is 0.634. The topological polar surface area (TPSA) is 12.0 Å². The molecular weight excluding hydrogens is 286 g/mol. The van der Waals surface area contributed by atoms with Crippen molar-refractivity contribution in [3.05, 3.63) is 33.3 Å². The predicted molar refractivity (Wildman–Crippen MR) is 75.2 cm³/mol. The lowest BCUT2D eigenvalue weighted by atomic mass is 10.0. The summed E-state index contributed by atoms with van der Waals surface area (Å²) >= 11 is 9.58. The molecule has 0 aliphatic heterocycles. The van der Waals surface area contributed by atoms with E-state index in [1.165, 1.54) is 24.8 Å². The molecule has 1 nitrogen and oxygen atoms in total. The first-order valence-corrected chi connectivity index (χ1v) is 6.95. The van der Waals surface area contributed by atoms with Crippen LogP contribution in [0.15, 0.2) is 22.7 Å². The lowest BCUT2D eigenvalue weighted by Crippen LogP contribution is -2.23. The van der Waals surface area contributed by atoms with Crippen molar-refractivity contribution >= 4 is 27.5 Å². The average Bonchev–Trinajstić information content (AvgIpc) is 2.27. The maximum atomic E-state index is 6.17. The molecule has 0 aliphatic carbocycles. The van der Waals surface area contributed by atoms with E-state index >= 15 is 0 Å². The van der Waals surface area contributed by atoms with Crippen molar-refractivity contribution in [2.24, 2.45) is 0 Å². The molecule has 1 aromatic rings. The number of hydrogen-bond donors (Lipinski definition) is 1. The van der Waals surface area contributed by atoms with Crippen LogP contribution in [0.2, 0.25) is 5.02 Å². The summed E-state index contributed by atoms with van der Waals surface area (Å²) in [5.41, 5.74) is 1.25. The van der Waals surface area contributed by atoms with E-state index < -0.39 is 0 Å². The lowest BCUT2D eigenvalue weighted by molar-refractivity contribution is 0.492. The Morgan fingerprint density at radius 3 is 2.75 bits per heavy atom. The van der Waals surface area contributed by atoms with Gasteiger partial charge in [0.2, 0.25) is 0 Å². The molecule has 1 rings (SSSR count). The van der Waals surface area contributed by atoms with Gasteiger partial charge in [-0.3, -0.25) is 0 Å². The summed E-state index contributed by atoms with van der Waals surface area (Å²) in [7, 11) is 2.03. The lowest BCUT2D eigenvalue weighted by Gasteiger charge is -2.13. The zero-order valence-electron chi connectivity index (χ0n) is 9.89. The summed E-state index contributed by atoms with van der Waals surface area (Å²) in [6, 6.07) is 6.75. The van der Waals surface area contributed by atoms with Gasteiger partial charge >= 0.3 is 0 Å². The van der Waals surface area contributed by atoms with E-state index in [0.717, 1.165) is 15.9 Å². The first kappa shape index (κ1) is 14.0. The number of halogens is 2. The Balaban J connectivity index is 2.42. The van der Waals surface area contributed by atoms with Crippen LogP contribution < -0.4 is 5.32 Å². The molecule has 3 heteroatoms. The highest BCUT2D eigenvalue weighted by molar-refractivity contribution is 9.10. The quantitative estimate of drug-likeness (QED) is 0.820. The van der Waals surface area contributed by atoms with Crippen molar-refractivity contribution < 1.29 is 0 Å². The van der Waals surface area contributed by atoms with Gasteiger partial charge in [-0.2, -0.15) is 0 Å². The fraction of sp³-hybridized carbons (Fsp3) is 0.538. The van der Waals surface area contributed by atoms with E-state index in [1.807, 2.05) is 13.1 Å². The van der Waals surface area contributed by atoms with Crippen LogP contribution in [0.3, 0.4) is 0 Å². The Labute approximate surface area is 112 Å². The van der Waals surface area contributed by atoms with Crippen LogP contribution in [0.1, 0.15) is 31.7 Å². The molecule has 0 amide bonds. The van der Waals surface area contributed by atoms with Crippen LogP contribution in [-0.4, -0.2) is 13.1 Å². The first-order chi connectivity index (χ1) is 7.67. The van der Waals surface area contributed by atoms with Crippen LogP contribution in [0.4, 0.5) is 0 Å². The number of benzene rings is 1. The summed E-state index contributed by atoms with van der Waals surface area (Å²) < 4.78 is 1.04. The SMILES string of the molecule is CCC(CCCc1ccc(Br)cc1Cl)NC. The highest BCUT2D eigenvalue weighted by Crippen LogP contribution is 2.23. The normalized spacial score (nSPS) is 12.8. The van der Waals surface area contributed by atoms with Crippen molar-refractivity contribution in [1.82, 2.24) is 5.32 Å². The Morgan fingerprint density at radius 1 is 1.44 bits per heavy atom. The maximum absolute atomic E-state index is 6.17. The molecule has 0 heterocycles. The summed E-state index contributed by atoms with van der Waals surface area (Å²) in [4.78, 5) is 0. The predicted octanol–water partition coefficient (Wildman–Crippen LogP) is 4.42. The molecule has 0 saturated heterocycles. The summed E-state index contributed by atoms with van der Waals surface area (Å²) in [5.74, 6) is 0. The fourth-order valence-electron chi connectivity index (χ4n) is 1.82. The zero-order valence-corrected chi connectivity index (χ0v) is 12.2. The van der Waals surface area contributed by atoms with Crippen molar-refractivity contribution in [1.29, 1.82) is 0 Å². The van der Waals surface area contributed by atoms with Crippen LogP contribution in [-0.2, 0) is 6.42 Å². The van der Waals surface area contributed by atoms with Gasteiger partial charge in [-0.15, -0.1) is 0 Å². The molecule has 0 radical (unpaired) electrons. The average molecular weight is 305 g/mol. The van der Waals surface area contributed by atoms with Gasteiger partial charge in [-0.25, -0.2) is 0 Å². The molecule has 0 bridgehead atoms. The highest BCUT2D eigenvalue weighted by Gasteiger charge is 2.05. The number of aryl methyl sites for hydroxylation is 1. The van der Waals surface area contributed by atoms with E-state index in [0.29, 0.717) is 6.04 Å². The van der Waals surface area contributed by atoms with Gasteiger partial charge in [0.1, 0.15) is 0 Å². The van der Waals surface area contributed by atoms with Crippen LogP contribution in [0, 0.1) is 0 Å². The van der Waals surface area contributed by atoms with Gasteiger partial charge in [0.05, 0.1) is 0 Å². The van der Waals surface area contributed by atoms with E-state index in [1.54, 1.807) is 0 Å². The third-order valence-electron chi connectivity index (χ3n) is 2.91. The highest BCUT2D eigenvalue weighted by atomic mass is 79.9. The second-order valence-electron chi connectivity index (χ2n) is 4.02. The third-order valence-corrected chi connectivity index (χ3v) is 3.76. The van der Waals surface area contributed by atoms with Crippen molar-refractivity contribution in [2.45, 2.75) is 38.6 Å². The van der Waals surface area contributed by atoms with Crippen LogP contribution >= 0.6 is 27.5 Å². The molecule has 1 aromatic carbocycles. The molecular formula is C13H19BrClN. The third kappa shape index (κ3) is 4.44. The van der Waals surface area contributed by atoms with E-state index in [-0.39, 0.29) is 0 Å². The molecule has 90 valence electrons. The first-order valence-electron chi connectivity index (χ1n) is 5.78. The van der Waals surface area contributed by atoms with Gasteiger partial charge in [0.15, 0.2) is 0 Å². The Morgan fingerprint density at radius 2 is 2.19 bits per heavy atom. The molecule has 1 unspecified atom stereocenters. The van der Waals surface area contributed by atoms with Crippen molar-refractivity contribution in [2.75, 3.05) is 7.05 Å². The van der Waals surface area contributed by atoms with Gasteiger partial charge in [-0.05, 0) is 50.4 Å². The zero-order chi connectivity index (χ0) is 12.0. The molecule has 16 heavy (non-hydrogen) atoms. The molecule has 0 aliphatic rings. The molecule has 0 spiro atoms. The molecule has 1 atom stereocenters. The summed E-state index contributed by atoms with van der Waals surface area (Å²) in [6.45, 7) is 2.22. The Bertz CT molecular complexity index is 324. The summed E-state index contributed by atoms with van der Waals surface area (Å²) in [6.07, 6.45) is 4.63. The van der Waals surface area contributed by atoms with Gasteiger partial charge < -0.3 is 5.32 Å². The standard InChI is InChI=1S/C13H19BrClN/c1-3-12(16-2)6-4-5-10-7-8-11(14)9-13(10)15/h7-9,12,16H,3-6H2,1-2H3. The van der Waals surface area contributed by atoms with Gasteiger partial charge in [0, 0.05) is 15.5 Å². The molecule has 0 fully saturated rings. The Kier molecular flexibility index (Phi) is 6.40. The Hall–Kier alpha value is -0.0500. The maximum Gasteiger partial charge on any atom is 0.0449 e. The minimum Gasteiger partial charge on any atom is -0.317 e. The van der Waals surface area contributed by atoms with Crippen molar-refractivity contribution in [3.63, 3.8) is 0 Å². The van der Waals surface area contributed by atoms with Crippen molar-refractivity contribution in [3.8, 4) is 0 Å². The molecule has 1 N–H and O–H groups in total. The number of nitrogens with one attached hydrogen (secondary N) is 1. The van der Waals surface area contributed by atoms with Gasteiger partial charge in [-0.1, -0.05) is 40.5 Å². The number of hydrogen-bond acceptors (Lipinski definition) is 1. The molecule has 0 aromatic heterocycles. The summed E-state index contributed by atoms with van der Waals surface area (Å²) in [5, 5.41) is 4.19. The fourth-order valence-corrected chi connectivity index (χ4v) is 2.58. The van der Waals surface area contributed by atoms with E-state index in [9.17, 15) is 0 Å². The smallest absolute Gasteiger partial charge is 0.0449 e. The van der Waals surface area contributed by atoms with Gasteiger partial charge in [0.25, 0.3) is 0 Å². The monoisotopic (exact) mass is 303 g/mol. The van der Waals surface area contributed by atoms with Crippen LogP contribution in [0.25, 0.3) is 0 Å². The largest absolute Gasteiger partial charge is 0.317 e. The minimum absolute atomic E-state index is 0.634. The van der Waals surface area contributed by atoms with Crippen LogP contribution in [0.5, 0.6) is 0 Å². The van der Waals surface area contributed by atoms with E-state index in [4.69, 9.17) is 11.6 Å². The van der Waals surface area contributed by atoms with E-state index in [2.05, 4.69) is 40.3 Å². The second kappa shape index (κ2) is 7.31. The second-order valence-corrected chi connectivity index (χ2v) is 5.34. The molecule has 0 saturated carbocycles. The number of rotatable bonds is 6.